The largest absolute Gasteiger partial charge is 0.431 e. The van der Waals surface area contributed by atoms with Gasteiger partial charge in [0.1, 0.15) is 5.71 Å². The molecule has 8 nitrogen and oxygen atoms in total. The number of nitrogens with two attached hydrogens (primary N) is 2. The summed E-state index contributed by atoms with van der Waals surface area (Å²) >= 11 is 0. The van der Waals surface area contributed by atoms with E-state index < -0.39 is 30.1 Å². The van der Waals surface area contributed by atoms with E-state index in [4.69, 9.17) is 11.5 Å². The summed E-state index contributed by atoms with van der Waals surface area (Å²) in [6.07, 6.45) is -5.75. The van der Waals surface area contributed by atoms with Gasteiger partial charge >= 0.3 is 6.18 Å². The first-order chi connectivity index (χ1) is 16.7. The SMILES string of the molecule is Nc1ccccc1C(=O)N/N=C(\C/C(=N\NC(=O)c1ccccc1N)C(F)(F)F)c1ccccc1. The third-order valence-electron chi connectivity index (χ3n) is 4.76. The molecule has 180 valence electrons. The van der Waals surface area contributed by atoms with Gasteiger partial charge in [0.25, 0.3) is 11.8 Å². The number of carbonyl (C=O) groups is 2. The van der Waals surface area contributed by atoms with E-state index in [1.807, 2.05) is 5.43 Å². The van der Waals surface area contributed by atoms with Gasteiger partial charge in [0.05, 0.1) is 16.8 Å². The van der Waals surface area contributed by atoms with Crippen molar-refractivity contribution in [2.45, 2.75) is 12.6 Å². The Balaban J connectivity index is 1.89. The lowest BCUT2D eigenvalue weighted by molar-refractivity contribution is -0.0601. The Morgan fingerprint density at radius 2 is 1.17 bits per heavy atom. The zero-order valence-electron chi connectivity index (χ0n) is 18.2. The second-order valence-corrected chi connectivity index (χ2v) is 7.21. The Kier molecular flexibility index (Phi) is 7.82. The lowest BCUT2D eigenvalue weighted by atomic mass is 10.0. The summed E-state index contributed by atoms with van der Waals surface area (Å²) in [6.45, 7) is 0. The van der Waals surface area contributed by atoms with Crippen LogP contribution in [0.3, 0.4) is 0 Å². The Morgan fingerprint density at radius 1 is 0.714 bits per heavy atom. The van der Waals surface area contributed by atoms with E-state index >= 15 is 0 Å². The first kappa shape index (κ1) is 25.0. The molecule has 6 N–H and O–H groups in total. The van der Waals surface area contributed by atoms with Gasteiger partial charge in [-0.1, -0.05) is 54.6 Å². The summed E-state index contributed by atoms with van der Waals surface area (Å²) in [4.78, 5) is 24.8. The average molecular weight is 482 g/mol. The van der Waals surface area contributed by atoms with Crippen LogP contribution in [0.1, 0.15) is 32.7 Å². The molecule has 0 unspecified atom stereocenters. The highest BCUT2D eigenvalue weighted by atomic mass is 19.4. The minimum Gasteiger partial charge on any atom is -0.398 e. The van der Waals surface area contributed by atoms with E-state index in [9.17, 15) is 22.8 Å². The third kappa shape index (κ3) is 6.67. The van der Waals surface area contributed by atoms with Crippen LogP contribution in [0.25, 0.3) is 0 Å². The summed E-state index contributed by atoms with van der Waals surface area (Å²) < 4.78 is 41.3. The van der Waals surface area contributed by atoms with Crippen LogP contribution in [0.15, 0.2) is 89.1 Å². The van der Waals surface area contributed by atoms with E-state index in [1.165, 1.54) is 42.5 Å². The second kappa shape index (κ2) is 11.0. The summed E-state index contributed by atoms with van der Waals surface area (Å²) in [5.41, 5.74) is 14.8. The molecule has 0 radical (unpaired) electrons. The number of rotatable bonds is 7. The van der Waals surface area contributed by atoms with E-state index in [1.54, 1.807) is 36.4 Å². The fraction of sp³-hybridized carbons (Fsp3) is 0.0833. The van der Waals surface area contributed by atoms with Gasteiger partial charge in [-0.2, -0.15) is 23.4 Å². The maximum atomic E-state index is 13.8. The van der Waals surface area contributed by atoms with Gasteiger partial charge in [-0.15, -0.1) is 0 Å². The number of nitrogens with zero attached hydrogens (tertiary/aromatic N) is 2. The van der Waals surface area contributed by atoms with E-state index in [0.29, 0.717) is 5.56 Å². The average Bonchev–Trinajstić information content (AvgIpc) is 2.83. The van der Waals surface area contributed by atoms with Crippen LogP contribution in [0.5, 0.6) is 0 Å². The monoisotopic (exact) mass is 482 g/mol. The minimum absolute atomic E-state index is 0.0255. The Hall–Kier alpha value is -4.67. The van der Waals surface area contributed by atoms with Crippen molar-refractivity contribution in [3.05, 3.63) is 95.6 Å². The molecule has 0 spiro atoms. The molecule has 3 aromatic carbocycles. The molecule has 0 bridgehead atoms. The number of carbonyl (C=O) groups excluding carboxylic acids is 2. The van der Waals surface area contributed by atoms with Crippen molar-refractivity contribution in [2.24, 2.45) is 10.2 Å². The van der Waals surface area contributed by atoms with Gasteiger partial charge in [-0.05, 0) is 29.8 Å². The zero-order chi connectivity index (χ0) is 25.4. The van der Waals surface area contributed by atoms with Crippen LogP contribution in [0, 0.1) is 0 Å². The summed E-state index contributed by atoms with van der Waals surface area (Å²) in [6, 6.07) is 20.0. The fourth-order valence-electron chi connectivity index (χ4n) is 2.96. The lowest BCUT2D eigenvalue weighted by Crippen LogP contribution is -2.31. The topological polar surface area (TPSA) is 135 Å². The Labute approximate surface area is 198 Å². The van der Waals surface area contributed by atoms with Gasteiger partial charge in [0.2, 0.25) is 0 Å². The van der Waals surface area contributed by atoms with Gasteiger partial charge in [-0.25, -0.2) is 10.9 Å². The van der Waals surface area contributed by atoms with Crippen molar-refractivity contribution < 1.29 is 22.8 Å². The van der Waals surface area contributed by atoms with E-state index in [0.717, 1.165) is 0 Å². The first-order valence-corrected chi connectivity index (χ1v) is 10.2. The predicted molar refractivity (Wildman–Crippen MR) is 128 cm³/mol. The van der Waals surface area contributed by atoms with E-state index in [-0.39, 0.29) is 28.2 Å². The highest BCUT2D eigenvalue weighted by molar-refractivity contribution is 6.14. The van der Waals surface area contributed by atoms with Crippen molar-refractivity contribution in [1.82, 2.24) is 10.9 Å². The highest BCUT2D eigenvalue weighted by Gasteiger charge is 2.37. The summed E-state index contributed by atoms with van der Waals surface area (Å²) in [5, 5.41) is 7.21. The molecule has 0 aliphatic heterocycles. The number of halogens is 3. The number of benzene rings is 3. The highest BCUT2D eigenvalue weighted by Crippen LogP contribution is 2.22. The second-order valence-electron chi connectivity index (χ2n) is 7.21. The van der Waals surface area contributed by atoms with Gasteiger partial charge in [-0.3, -0.25) is 9.59 Å². The van der Waals surface area contributed by atoms with Crippen LogP contribution >= 0.6 is 0 Å². The molecule has 0 saturated carbocycles. The quantitative estimate of drug-likeness (QED) is 0.232. The Morgan fingerprint density at radius 3 is 1.66 bits per heavy atom. The van der Waals surface area contributed by atoms with Crippen molar-refractivity contribution in [3.63, 3.8) is 0 Å². The number of anilines is 2. The molecule has 0 aliphatic carbocycles. The van der Waals surface area contributed by atoms with Crippen LogP contribution in [-0.4, -0.2) is 29.4 Å². The van der Waals surface area contributed by atoms with Gasteiger partial charge < -0.3 is 11.5 Å². The third-order valence-corrected chi connectivity index (χ3v) is 4.76. The molecular weight excluding hydrogens is 461 g/mol. The lowest BCUT2D eigenvalue weighted by Gasteiger charge is -2.13. The predicted octanol–water partition coefficient (Wildman–Crippen LogP) is 3.72. The first-order valence-electron chi connectivity index (χ1n) is 10.2. The number of amides is 2. The van der Waals surface area contributed by atoms with Crippen molar-refractivity contribution in [2.75, 3.05) is 11.5 Å². The summed E-state index contributed by atoms with van der Waals surface area (Å²) in [7, 11) is 0. The molecule has 2 amide bonds. The number of nitrogen functional groups attached to an aromatic ring is 2. The van der Waals surface area contributed by atoms with Gasteiger partial charge in [0.15, 0.2) is 0 Å². The molecule has 0 heterocycles. The normalized spacial score (nSPS) is 12.2. The van der Waals surface area contributed by atoms with E-state index in [2.05, 4.69) is 15.6 Å². The van der Waals surface area contributed by atoms with Crippen LogP contribution in [0.2, 0.25) is 0 Å². The molecule has 3 rings (SSSR count). The molecule has 11 heteroatoms. The Bertz CT molecular complexity index is 1270. The molecule has 0 aliphatic rings. The number of alkyl halides is 3. The number of para-hydroxylation sites is 2. The minimum atomic E-state index is -4.90. The zero-order valence-corrected chi connectivity index (χ0v) is 18.2. The smallest absolute Gasteiger partial charge is 0.398 e. The molecule has 0 fully saturated rings. The van der Waals surface area contributed by atoms with Crippen LogP contribution in [-0.2, 0) is 0 Å². The molecule has 0 atom stereocenters. The summed E-state index contributed by atoms with van der Waals surface area (Å²) in [5.74, 6) is -1.61. The van der Waals surface area contributed by atoms with Crippen LogP contribution < -0.4 is 22.3 Å². The maximum absolute atomic E-state index is 13.8. The maximum Gasteiger partial charge on any atom is 0.431 e. The number of hydrogen-bond acceptors (Lipinski definition) is 6. The molecular formula is C24H21F3N6O2. The van der Waals surface area contributed by atoms with Gasteiger partial charge in [0, 0.05) is 17.8 Å². The molecule has 3 aromatic rings. The van der Waals surface area contributed by atoms with Crippen molar-refractivity contribution in [1.29, 1.82) is 0 Å². The standard InChI is InChI=1S/C24H21F3N6O2/c25-24(26,27)21(31-33-23(35)17-11-5-7-13-19(17)29)14-20(15-8-2-1-3-9-15)30-32-22(34)16-10-4-6-12-18(16)28/h1-13H,14,28-29H2,(H,32,34)(H,33,35)/b30-20+,31-21+. The van der Waals surface area contributed by atoms with Crippen molar-refractivity contribution in [3.8, 4) is 0 Å². The van der Waals surface area contributed by atoms with Crippen LogP contribution in [0.4, 0.5) is 24.5 Å². The molecule has 35 heavy (non-hydrogen) atoms. The number of hydrogen-bond donors (Lipinski definition) is 4. The fourth-order valence-corrected chi connectivity index (χ4v) is 2.96. The number of hydrazone groups is 2. The number of nitrogens with one attached hydrogen (secondary N) is 2. The molecule has 0 aromatic heterocycles. The molecule has 0 saturated heterocycles. The van der Waals surface area contributed by atoms with Crippen molar-refractivity contribution >= 4 is 34.6 Å².